The van der Waals surface area contributed by atoms with Crippen molar-refractivity contribution in [3.8, 4) is 0 Å². The minimum Gasteiger partial charge on any atom is -0.462 e. The first-order valence-corrected chi connectivity index (χ1v) is 50.5. The standard InChI is InChI=1S/C95H179N2O17P/c1-7-13-19-25-31-37-40-46-52-58-64-72-88(101)109-82(69-61-55-49-43-34-28-22-16-10-4)76-86(99)96-92-94(113-91(104)78-84(71-63-57-51-45-36-30-24-18-12-6)111-90(103)74-66-60-54-48-42-39-33-27-21-15-9-3)93(114-115(105,106)107)85(79-98)112-95(92)108-80-81-68-67-75-97(81)87(100)77-83(70-62-56-50-44-35-29-23-17-11-5)110-89(102)73-65-59-53-47-41-38-32-26-20-14-8-2/h81-85,92-95,98H,7-80H2,1-6H3,(H,96,99)(H2,105,106,107)/t81-,82+,83+,84+,85+,92+,93+,94+,95+/m0/s1. The highest BCUT2D eigenvalue weighted by molar-refractivity contribution is 7.46. The number of phosphoric ester groups is 1. The fourth-order valence-electron chi connectivity index (χ4n) is 16.7. The first kappa shape index (κ1) is 108. The molecule has 0 aromatic carbocycles. The molecule has 0 aromatic rings. The molecule has 2 aliphatic heterocycles. The number of aliphatic hydroxyl groups is 1. The number of aliphatic hydroxyl groups excluding tert-OH is 1. The largest absolute Gasteiger partial charge is 0.470 e. The minimum absolute atomic E-state index is 0.0129. The lowest BCUT2D eigenvalue weighted by Gasteiger charge is -2.45. The zero-order valence-corrected chi connectivity index (χ0v) is 75.9. The van der Waals surface area contributed by atoms with Crippen molar-refractivity contribution in [1.29, 1.82) is 0 Å². The topological polar surface area (TPSA) is 260 Å². The van der Waals surface area contributed by atoms with Crippen molar-refractivity contribution in [2.75, 3.05) is 19.8 Å². The van der Waals surface area contributed by atoms with E-state index in [1.54, 1.807) is 4.90 Å². The van der Waals surface area contributed by atoms with Gasteiger partial charge in [-0.1, -0.05) is 388 Å². The van der Waals surface area contributed by atoms with Gasteiger partial charge >= 0.3 is 31.7 Å². The summed E-state index contributed by atoms with van der Waals surface area (Å²) in [6.07, 6.45) is 59.7. The quantitative estimate of drug-likeness (QED) is 0.0191. The Bertz CT molecular complexity index is 2360. The molecule has 2 rings (SSSR count). The zero-order valence-electron chi connectivity index (χ0n) is 75.0. The van der Waals surface area contributed by atoms with Crippen LogP contribution >= 0.6 is 7.82 Å². The van der Waals surface area contributed by atoms with Gasteiger partial charge in [-0.15, -0.1) is 0 Å². The average Bonchev–Trinajstić information content (AvgIpc) is 1.14. The molecule has 0 spiro atoms. The van der Waals surface area contributed by atoms with Crippen LogP contribution in [0.2, 0.25) is 0 Å². The van der Waals surface area contributed by atoms with Crippen molar-refractivity contribution in [2.24, 2.45) is 0 Å². The van der Waals surface area contributed by atoms with E-state index in [0.717, 1.165) is 141 Å². The smallest absolute Gasteiger partial charge is 0.462 e. The zero-order chi connectivity index (χ0) is 83.7. The monoisotopic (exact) mass is 1650 g/mol. The molecular formula is C95H179N2O17P. The molecule has 9 atom stereocenters. The Balaban J connectivity index is 2.60. The lowest BCUT2D eigenvalue weighted by atomic mass is 9.95. The summed E-state index contributed by atoms with van der Waals surface area (Å²) in [5.41, 5.74) is 0. The summed E-state index contributed by atoms with van der Waals surface area (Å²) >= 11 is 0. The van der Waals surface area contributed by atoms with Crippen molar-refractivity contribution < 1.29 is 81.2 Å². The second-order valence-corrected chi connectivity index (χ2v) is 35.9. The van der Waals surface area contributed by atoms with Gasteiger partial charge in [0.25, 0.3) is 0 Å². The molecular weight excluding hydrogens is 1470 g/mol. The molecule has 676 valence electrons. The SMILES string of the molecule is CCCCCCCCCCCCCC(=O)O[C@H](CCCCCCCCCCC)CC(=O)N[C@H]1[C@H](OC[C@@H]2CCCN2C(=O)C[C@@H](CCCCCCCCCCC)OC(=O)CCCCCCCCCCCCC)O[C@H](CO)[C@@H](OP(=O)(O)O)[C@@H]1OC(=O)C[C@@H](CCCCCCCCCCC)OC(=O)CCCCCCCCCCCCC. The van der Waals surface area contributed by atoms with Gasteiger partial charge in [0.2, 0.25) is 11.8 Å². The van der Waals surface area contributed by atoms with Crippen LogP contribution in [0.4, 0.5) is 0 Å². The summed E-state index contributed by atoms with van der Waals surface area (Å²) in [4.78, 5) is 109. The van der Waals surface area contributed by atoms with Crippen molar-refractivity contribution >= 4 is 43.5 Å². The number of rotatable bonds is 83. The Morgan fingerprint density at radius 1 is 0.391 bits per heavy atom. The van der Waals surface area contributed by atoms with Crippen molar-refractivity contribution in [2.45, 2.75) is 552 Å². The van der Waals surface area contributed by atoms with Gasteiger partial charge in [-0.3, -0.25) is 33.3 Å². The molecule has 2 heterocycles. The normalized spacial score (nSPS) is 17.9. The van der Waals surface area contributed by atoms with Crippen molar-refractivity contribution in [3.63, 3.8) is 0 Å². The van der Waals surface area contributed by atoms with Crippen molar-refractivity contribution in [1.82, 2.24) is 10.2 Å². The molecule has 2 amide bonds. The fourth-order valence-corrected chi connectivity index (χ4v) is 17.2. The van der Waals surface area contributed by atoms with E-state index in [0.29, 0.717) is 70.8 Å². The summed E-state index contributed by atoms with van der Waals surface area (Å²) in [6, 6.07) is -2.10. The Morgan fingerprint density at radius 3 is 1.00 bits per heavy atom. The van der Waals surface area contributed by atoms with Crippen LogP contribution in [-0.4, -0.2) is 130 Å². The van der Waals surface area contributed by atoms with Gasteiger partial charge in [-0.05, 0) is 70.6 Å². The number of nitrogens with one attached hydrogen (secondary N) is 1. The number of carbonyl (C=O) groups excluding carboxylic acids is 6. The number of phosphoric acid groups is 1. The highest BCUT2D eigenvalue weighted by Crippen LogP contribution is 2.43. The van der Waals surface area contributed by atoms with E-state index in [2.05, 4.69) is 46.9 Å². The molecule has 2 fully saturated rings. The number of unbranched alkanes of at least 4 members (excludes halogenated alkanes) is 54. The highest BCUT2D eigenvalue weighted by atomic mass is 31.2. The van der Waals surface area contributed by atoms with Gasteiger partial charge in [-0.25, -0.2) is 4.57 Å². The molecule has 20 heteroatoms. The Kier molecular flexibility index (Phi) is 71.1. The summed E-state index contributed by atoms with van der Waals surface area (Å²) in [5.74, 6) is -2.89. The third-order valence-corrected chi connectivity index (χ3v) is 24.3. The predicted octanol–water partition coefficient (Wildman–Crippen LogP) is 25.4. The second kappa shape index (κ2) is 75.8. The van der Waals surface area contributed by atoms with E-state index in [1.807, 2.05) is 0 Å². The van der Waals surface area contributed by atoms with Crippen LogP contribution in [0.1, 0.15) is 497 Å². The van der Waals surface area contributed by atoms with E-state index in [-0.39, 0.29) is 44.2 Å². The van der Waals surface area contributed by atoms with E-state index in [1.165, 1.54) is 218 Å². The third kappa shape index (κ3) is 60.9. The minimum atomic E-state index is -5.49. The van der Waals surface area contributed by atoms with Gasteiger partial charge in [0.1, 0.15) is 36.6 Å². The third-order valence-electron chi connectivity index (χ3n) is 23.8. The number of nitrogens with zero attached hydrogens (tertiary/aromatic N) is 1. The molecule has 4 N–H and O–H groups in total. The molecule has 0 saturated carbocycles. The van der Waals surface area contributed by atoms with Crippen LogP contribution in [-0.2, 0) is 66.3 Å². The average molecular weight is 1650 g/mol. The van der Waals surface area contributed by atoms with Gasteiger partial charge < -0.3 is 53.5 Å². The van der Waals surface area contributed by atoms with E-state index >= 15 is 4.79 Å². The maximum atomic E-state index is 15.1. The molecule has 115 heavy (non-hydrogen) atoms. The van der Waals surface area contributed by atoms with E-state index in [4.69, 9.17) is 32.9 Å². The Morgan fingerprint density at radius 2 is 0.687 bits per heavy atom. The van der Waals surface area contributed by atoms with Crippen LogP contribution < -0.4 is 5.32 Å². The predicted molar refractivity (Wildman–Crippen MR) is 467 cm³/mol. The van der Waals surface area contributed by atoms with Crippen LogP contribution in [0.3, 0.4) is 0 Å². The molecule has 0 radical (unpaired) electrons. The maximum Gasteiger partial charge on any atom is 0.470 e. The summed E-state index contributed by atoms with van der Waals surface area (Å²) in [5, 5.41) is 14.1. The Hall–Kier alpha value is -3.19. The first-order chi connectivity index (χ1) is 56.0. The van der Waals surface area contributed by atoms with Crippen LogP contribution in [0.15, 0.2) is 0 Å². The molecule has 0 aromatic heterocycles. The van der Waals surface area contributed by atoms with E-state index < -0.39 is 99.7 Å². The lowest BCUT2D eigenvalue weighted by Crippen LogP contribution is -2.66. The maximum absolute atomic E-state index is 15.1. The fraction of sp³-hybridized carbons (Fsp3) is 0.937. The first-order valence-electron chi connectivity index (χ1n) is 49.0. The number of esters is 4. The number of carbonyl (C=O) groups is 6. The number of hydrogen-bond donors (Lipinski definition) is 4. The van der Waals surface area contributed by atoms with Gasteiger partial charge in [-0.2, -0.15) is 0 Å². The molecule has 2 aliphatic rings. The van der Waals surface area contributed by atoms with Crippen LogP contribution in [0.5, 0.6) is 0 Å². The number of hydrogen-bond acceptors (Lipinski definition) is 15. The number of ether oxygens (including phenoxy) is 6. The van der Waals surface area contributed by atoms with Gasteiger partial charge in [0.05, 0.1) is 38.5 Å². The van der Waals surface area contributed by atoms with Gasteiger partial charge in [0, 0.05) is 25.8 Å². The lowest BCUT2D eigenvalue weighted by molar-refractivity contribution is -0.273. The second-order valence-electron chi connectivity index (χ2n) is 34.7. The summed E-state index contributed by atoms with van der Waals surface area (Å²) in [7, 11) is -5.49. The Labute approximate surface area is 703 Å². The van der Waals surface area contributed by atoms with E-state index in [9.17, 15) is 43.4 Å². The molecule has 0 unspecified atom stereocenters. The molecule has 0 aliphatic carbocycles. The van der Waals surface area contributed by atoms with Crippen molar-refractivity contribution in [3.05, 3.63) is 0 Å². The summed E-state index contributed by atoms with van der Waals surface area (Å²) in [6.45, 7) is 12.7. The molecule has 2 saturated heterocycles. The number of likely N-dealkylation sites (tertiary alicyclic amines) is 1. The van der Waals surface area contributed by atoms with Gasteiger partial charge in [0.15, 0.2) is 12.4 Å². The summed E-state index contributed by atoms with van der Waals surface area (Å²) < 4.78 is 56.7. The molecule has 0 bridgehead atoms. The van der Waals surface area contributed by atoms with Crippen LogP contribution in [0.25, 0.3) is 0 Å². The molecule has 19 nitrogen and oxygen atoms in total. The number of amides is 2. The van der Waals surface area contributed by atoms with Crippen LogP contribution in [0, 0.1) is 0 Å². The highest BCUT2D eigenvalue weighted by Gasteiger charge is 2.53.